The van der Waals surface area contributed by atoms with Gasteiger partial charge in [0.1, 0.15) is 0 Å². The second-order valence-electron chi connectivity index (χ2n) is 8.89. The van der Waals surface area contributed by atoms with E-state index in [0.717, 1.165) is 52.0 Å². The minimum absolute atomic E-state index is 0.0740. The normalized spacial score (nSPS) is 30.0. The number of carbonyl (C=O) groups excluding carboxylic acids is 1. The van der Waals surface area contributed by atoms with Gasteiger partial charge in [0.2, 0.25) is 5.91 Å². The van der Waals surface area contributed by atoms with Crippen LogP contribution in [0.2, 0.25) is 0 Å². The molecule has 140 valence electrons. The Bertz CT molecular complexity index is 695. The second-order valence-corrected chi connectivity index (χ2v) is 8.89. The van der Waals surface area contributed by atoms with Crippen LogP contribution in [0.5, 0.6) is 0 Å². The number of aryl methyl sites for hydroxylation is 2. The fraction of sp³-hybridized carbons (Fsp3) is 0.682. The molecular formula is C22H31N3O. The number of hydrogen-bond acceptors (Lipinski definition) is 3. The van der Waals surface area contributed by atoms with Crippen LogP contribution in [-0.4, -0.2) is 49.6 Å². The van der Waals surface area contributed by atoms with Gasteiger partial charge in [-0.25, -0.2) is 0 Å². The molecule has 3 heterocycles. The first-order chi connectivity index (χ1) is 12.7. The molecule has 1 N–H and O–H groups in total. The third-order valence-corrected chi connectivity index (χ3v) is 7.41. The first-order valence-electron chi connectivity index (χ1n) is 10.6. The molecule has 1 aromatic rings. The zero-order valence-corrected chi connectivity index (χ0v) is 15.8. The lowest BCUT2D eigenvalue weighted by Crippen LogP contribution is -2.49. The van der Waals surface area contributed by atoms with Crippen molar-refractivity contribution >= 4 is 11.6 Å². The number of carbonyl (C=O) groups is 1. The molecule has 1 aromatic carbocycles. The molecule has 3 saturated heterocycles. The Hall–Kier alpha value is -1.55. The highest BCUT2D eigenvalue weighted by atomic mass is 16.2. The van der Waals surface area contributed by atoms with Crippen molar-refractivity contribution in [3.05, 3.63) is 29.3 Å². The summed E-state index contributed by atoms with van der Waals surface area (Å²) in [5.41, 5.74) is 4.50. The van der Waals surface area contributed by atoms with Gasteiger partial charge in [-0.1, -0.05) is 6.07 Å². The third-order valence-electron chi connectivity index (χ3n) is 7.41. The van der Waals surface area contributed by atoms with Crippen molar-refractivity contribution < 1.29 is 4.79 Å². The quantitative estimate of drug-likeness (QED) is 0.888. The van der Waals surface area contributed by atoms with Crippen molar-refractivity contribution in [2.75, 3.05) is 37.6 Å². The van der Waals surface area contributed by atoms with Crippen molar-refractivity contribution in [2.24, 2.45) is 5.41 Å². The van der Waals surface area contributed by atoms with Crippen molar-refractivity contribution in [3.8, 4) is 0 Å². The lowest BCUT2D eigenvalue weighted by Gasteiger charge is -2.39. The average Bonchev–Trinajstić information content (AvgIpc) is 3.32. The topological polar surface area (TPSA) is 35.6 Å². The molecular weight excluding hydrogens is 322 g/mol. The molecule has 0 bridgehead atoms. The molecule has 5 rings (SSSR count). The zero-order chi connectivity index (χ0) is 17.6. The maximum Gasteiger partial charge on any atom is 0.227 e. The molecule has 0 saturated carbocycles. The largest absolute Gasteiger partial charge is 0.371 e. The molecule has 1 amide bonds. The van der Waals surface area contributed by atoms with Crippen LogP contribution < -0.4 is 10.2 Å². The Kier molecular flexibility index (Phi) is 4.19. The number of fused-ring (bicyclic) bond motifs is 1. The molecule has 4 aliphatic rings. The minimum Gasteiger partial charge on any atom is -0.371 e. The van der Waals surface area contributed by atoms with E-state index >= 15 is 0 Å². The number of nitrogens with zero attached hydrogens (tertiary/aromatic N) is 2. The molecule has 3 fully saturated rings. The Labute approximate surface area is 156 Å². The lowest BCUT2D eigenvalue weighted by molar-refractivity contribution is -0.132. The molecule has 3 aliphatic heterocycles. The van der Waals surface area contributed by atoms with Gasteiger partial charge in [0.05, 0.1) is 5.41 Å². The summed E-state index contributed by atoms with van der Waals surface area (Å²) in [4.78, 5) is 17.6. The van der Waals surface area contributed by atoms with E-state index in [1.54, 1.807) is 11.1 Å². The molecule has 4 heteroatoms. The minimum atomic E-state index is -0.0740. The van der Waals surface area contributed by atoms with Crippen LogP contribution in [0.25, 0.3) is 0 Å². The van der Waals surface area contributed by atoms with Gasteiger partial charge < -0.3 is 10.2 Å². The standard InChI is InChI=1S/C22H31N3O/c26-21-22(9-2-11-23-21)10-14-25(16-22)19-7-12-24(13-8-19)20-6-5-17-3-1-4-18(17)15-20/h5-6,15,19H,1-4,7-14,16H2,(H,23,26). The number of benzene rings is 1. The van der Waals surface area contributed by atoms with Crippen LogP contribution in [0.1, 0.15) is 49.7 Å². The second kappa shape index (κ2) is 6.56. The van der Waals surface area contributed by atoms with Gasteiger partial charge in [-0.3, -0.25) is 9.69 Å². The highest BCUT2D eigenvalue weighted by Gasteiger charge is 2.47. The summed E-state index contributed by atoms with van der Waals surface area (Å²) in [6.07, 6.45) is 9.61. The summed E-state index contributed by atoms with van der Waals surface area (Å²) in [6, 6.07) is 7.80. The van der Waals surface area contributed by atoms with E-state index in [1.165, 1.54) is 37.8 Å². The summed E-state index contributed by atoms with van der Waals surface area (Å²) in [5, 5.41) is 3.11. The van der Waals surface area contributed by atoms with Crippen LogP contribution in [0.3, 0.4) is 0 Å². The number of amides is 1. The fourth-order valence-corrected chi connectivity index (χ4v) is 5.78. The van der Waals surface area contributed by atoms with Crippen LogP contribution in [0.4, 0.5) is 5.69 Å². The summed E-state index contributed by atoms with van der Waals surface area (Å²) < 4.78 is 0. The number of anilines is 1. The Morgan fingerprint density at radius 2 is 1.85 bits per heavy atom. The first-order valence-corrected chi connectivity index (χ1v) is 10.6. The predicted octanol–water partition coefficient (Wildman–Crippen LogP) is 2.75. The molecule has 4 nitrogen and oxygen atoms in total. The van der Waals surface area contributed by atoms with Gasteiger partial charge >= 0.3 is 0 Å². The van der Waals surface area contributed by atoms with E-state index in [0.29, 0.717) is 11.9 Å². The molecule has 0 aromatic heterocycles. The Morgan fingerprint density at radius 3 is 2.69 bits per heavy atom. The van der Waals surface area contributed by atoms with Crippen molar-refractivity contribution in [3.63, 3.8) is 0 Å². The number of likely N-dealkylation sites (tertiary alicyclic amines) is 1. The van der Waals surface area contributed by atoms with Crippen molar-refractivity contribution in [1.29, 1.82) is 0 Å². The van der Waals surface area contributed by atoms with Crippen LogP contribution in [0.15, 0.2) is 18.2 Å². The molecule has 26 heavy (non-hydrogen) atoms. The molecule has 1 aliphatic carbocycles. The summed E-state index contributed by atoms with van der Waals surface area (Å²) in [7, 11) is 0. The van der Waals surface area contributed by atoms with Crippen LogP contribution in [0, 0.1) is 5.41 Å². The first kappa shape index (κ1) is 16.6. The zero-order valence-electron chi connectivity index (χ0n) is 15.8. The van der Waals surface area contributed by atoms with Crippen molar-refractivity contribution in [2.45, 2.75) is 57.4 Å². The van der Waals surface area contributed by atoms with Gasteiger partial charge in [0.25, 0.3) is 0 Å². The SMILES string of the molecule is O=C1NCCCC12CCN(C1CCN(c3ccc4c(c3)CCC4)CC1)C2. The predicted molar refractivity (Wildman–Crippen MR) is 105 cm³/mol. The van der Waals surface area contributed by atoms with Crippen LogP contribution >= 0.6 is 0 Å². The van der Waals surface area contributed by atoms with Gasteiger partial charge in [-0.05, 0) is 81.2 Å². The fourth-order valence-electron chi connectivity index (χ4n) is 5.78. The van der Waals surface area contributed by atoms with Gasteiger partial charge in [-0.2, -0.15) is 0 Å². The van der Waals surface area contributed by atoms with E-state index in [4.69, 9.17) is 0 Å². The highest BCUT2D eigenvalue weighted by molar-refractivity contribution is 5.84. The van der Waals surface area contributed by atoms with E-state index < -0.39 is 0 Å². The Balaban J connectivity index is 1.20. The average molecular weight is 354 g/mol. The molecule has 0 radical (unpaired) electrons. The number of rotatable bonds is 2. The maximum absolute atomic E-state index is 12.4. The van der Waals surface area contributed by atoms with E-state index in [9.17, 15) is 4.79 Å². The summed E-state index contributed by atoms with van der Waals surface area (Å²) in [6.45, 7) is 5.28. The van der Waals surface area contributed by atoms with E-state index in [2.05, 4.69) is 33.3 Å². The van der Waals surface area contributed by atoms with Crippen molar-refractivity contribution in [1.82, 2.24) is 10.2 Å². The monoisotopic (exact) mass is 353 g/mol. The van der Waals surface area contributed by atoms with Gasteiger partial charge in [0, 0.05) is 37.9 Å². The third kappa shape index (κ3) is 2.83. The van der Waals surface area contributed by atoms with Gasteiger partial charge in [-0.15, -0.1) is 0 Å². The van der Waals surface area contributed by atoms with Crippen LogP contribution in [-0.2, 0) is 17.6 Å². The molecule has 1 unspecified atom stereocenters. The molecule has 1 spiro atoms. The number of piperidine rings is 2. The van der Waals surface area contributed by atoms with E-state index in [-0.39, 0.29) is 5.41 Å². The lowest BCUT2D eigenvalue weighted by atomic mass is 9.79. The number of nitrogens with one attached hydrogen (secondary N) is 1. The van der Waals surface area contributed by atoms with E-state index in [1.807, 2.05) is 0 Å². The van der Waals surface area contributed by atoms with Gasteiger partial charge in [0.15, 0.2) is 0 Å². The summed E-state index contributed by atoms with van der Waals surface area (Å²) in [5.74, 6) is 0.321. The number of hydrogen-bond donors (Lipinski definition) is 1. The highest BCUT2D eigenvalue weighted by Crippen LogP contribution is 2.39. The summed E-state index contributed by atoms with van der Waals surface area (Å²) >= 11 is 0. The maximum atomic E-state index is 12.4. The molecule has 1 atom stereocenters. The smallest absolute Gasteiger partial charge is 0.227 e. The Morgan fingerprint density at radius 1 is 1.00 bits per heavy atom.